The first kappa shape index (κ1) is 25.9. The van der Waals surface area contributed by atoms with Gasteiger partial charge in [0.1, 0.15) is 11.5 Å². The highest BCUT2D eigenvalue weighted by molar-refractivity contribution is 6.16. The molecule has 1 aliphatic heterocycles. The van der Waals surface area contributed by atoms with Crippen LogP contribution < -0.4 is 20.5 Å². The maximum Gasteiger partial charge on any atom is 0.418 e. The number of primary amides is 1. The molecule has 1 aliphatic rings. The maximum absolute atomic E-state index is 14.1. The van der Waals surface area contributed by atoms with Crippen LogP contribution in [0.5, 0.6) is 11.5 Å². The molecule has 5 rings (SSSR count). The number of aromatic amines is 1. The number of aromatic nitrogens is 3. The van der Waals surface area contributed by atoms with E-state index in [-0.39, 0.29) is 40.3 Å². The second kappa shape index (κ2) is 9.22. The molecule has 202 valence electrons. The van der Waals surface area contributed by atoms with Gasteiger partial charge in [-0.05, 0) is 49.8 Å². The molecule has 2 aromatic heterocycles. The number of ketones is 1. The van der Waals surface area contributed by atoms with Crippen LogP contribution in [0.1, 0.15) is 38.4 Å². The summed E-state index contributed by atoms with van der Waals surface area (Å²) in [5.41, 5.74) is 7.54. The summed E-state index contributed by atoms with van der Waals surface area (Å²) in [4.78, 5) is 27.4. The lowest BCUT2D eigenvalue weighted by molar-refractivity contribution is -0.136. The second-order valence-corrected chi connectivity index (χ2v) is 9.17. The molecule has 9 nitrogen and oxygen atoms in total. The van der Waals surface area contributed by atoms with Crippen LogP contribution in [0, 0.1) is 13.8 Å². The number of carbonyl (C=O) groups is 2. The van der Waals surface area contributed by atoms with E-state index in [2.05, 4.69) is 15.4 Å². The van der Waals surface area contributed by atoms with E-state index in [4.69, 9.17) is 15.2 Å². The lowest BCUT2D eigenvalue weighted by Crippen LogP contribution is -2.28. The van der Waals surface area contributed by atoms with Crippen molar-refractivity contribution in [2.75, 3.05) is 7.11 Å². The quantitative estimate of drug-likeness (QED) is 0.308. The number of ether oxygens (including phenoxy) is 2. The Hall–Kier alpha value is -4.74. The van der Waals surface area contributed by atoms with Gasteiger partial charge in [-0.15, -0.1) is 0 Å². The number of H-pyrrole nitrogens is 1. The van der Waals surface area contributed by atoms with Gasteiger partial charge in [-0.1, -0.05) is 6.07 Å². The lowest BCUT2D eigenvalue weighted by atomic mass is 10.0. The first-order valence-corrected chi connectivity index (χ1v) is 11.8. The molecule has 0 unspecified atom stereocenters. The van der Waals surface area contributed by atoms with Crippen molar-refractivity contribution in [2.45, 2.75) is 26.6 Å². The van der Waals surface area contributed by atoms with E-state index in [0.29, 0.717) is 33.8 Å². The number of aryl methyl sites for hydroxylation is 2. The molecule has 39 heavy (non-hydrogen) atoms. The van der Waals surface area contributed by atoms with Gasteiger partial charge in [0.2, 0.25) is 5.78 Å². The molecule has 0 atom stereocenters. The minimum absolute atomic E-state index is 0.00759. The number of carbonyl (C=O) groups excluding carboxylic acids is 2. The number of nitrogens with one attached hydrogen (secondary N) is 2. The van der Waals surface area contributed by atoms with Gasteiger partial charge < -0.3 is 25.5 Å². The van der Waals surface area contributed by atoms with Crippen LogP contribution in [0.4, 0.5) is 18.0 Å². The number of hydrogen-bond acceptors (Lipinski definition) is 5. The van der Waals surface area contributed by atoms with Crippen molar-refractivity contribution in [3.8, 4) is 22.8 Å². The summed E-state index contributed by atoms with van der Waals surface area (Å²) in [6.07, 6.45) is -3.24. The number of alkyl halides is 3. The summed E-state index contributed by atoms with van der Waals surface area (Å²) in [5.74, 6) is -0.224. The third-order valence-corrected chi connectivity index (χ3v) is 6.70. The number of nitrogens with zero attached hydrogens (tertiary/aromatic N) is 2. The van der Waals surface area contributed by atoms with E-state index in [9.17, 15) is 22.8 Å². The van der Waals surface area contributed by atoms with Crippen LogP contribution in [-0.4, -0.2) is 33.7 Å². The van der Waals surface area contributed by atoms with Crippen molar-refractivity contribution < 1.29 is 32.2 Å². The maximum atomic E-state index is 14.1. The molecule has 0 aliphatic carbocycles. The SMILES string of the molecule is COc1cc(C(F)(F)F)c2[nH]c(-c3c(C)nn(C)c3C)c(C=C3Oc4ccc(CNC(N)=O)cc4C3=O)c2c1. The molecule has 2 amide bonds. The zero-order valence-corrected chi connectivity index (χ0v) is 21.4. The zero-order valence-electron chi connectivity index (χ0n) is 21.4. The van der Waals surface area contributed by atoms with Crippen molar-refractivity contribution >= 4 is 28.8 Å². The monoisotopic (exact) mass is 539 g/mol. The van der Waals surface area contributed by atoms with Crippen molar-refractivity contribution in [3.05, 3.63) is 69.7 Å². The van der Waals surface area contributed by atoms with Gasteiger partial charge in [-0.25, -0.2) is 4.79 Å². The topological polar surface area (TPSA) is 124 Å². The smallest absolute Gasteiger partial charge is 0.418 e. The number of benzene rings is 2. The van der Waals surface area contributed by atoms with Gasteiger partial charge in [0.15, 0.2) is 5.76 Å². The van der Waals surface area contributed by atoms with Crippen LogP contribution in [0.15, 0.2) is 36.1 Å². The second-order valence-electron chi connectivity index (χ2n) is 9.17. The molecule has 2 aromatic carbocycles. The molecule has 0 saturated heterocycles. The van der Waals surface area contributed by atoms with Crippen LogP contribution in [0.2, 0.25) is 0 Å². The minimum Gasteiger partial charge on any atom is -0.497 e. The minimum atomic E-state index is -4.68. The lowest BCUT2D eigenvalue weighted by Gasteiger charge is -2.10. The number of halogens is 3. The highest BCUT2D eigenvalue weighted by Gasteiger charge is 2.36. The Kier molecular flexibility index (Phi) is 6.12. The van der Waals surface area contributed by atoms with Crippen LogP contribution in [-0.2, 0) is 19.8 Å². The molecule has 3 heterocycles. The van der Waals surface area contributed by atoms with Gasteiger partial charge in [0, 0.05) is 35.8 Å². The first-order chi connectivity index (χ1) is 18.4. The van der Waals surface area contributed by atoms with Crippen LogP contribution in [0.25, 0.3) is 28.2 Å². The van der Waals surface area contributed by atoms with Crippen molar-refractivity contribution in [3.63, 3.8) is 0 Å². The standard InChI is InChI=1S/C27H24F3N5O4/c1-12-22(13(2)35(3)34-12)24-17(16-8-15(38-4)9-19(23(16)33-24)27(28,29)30)10-21-25(36)18-7-14(11-32-26(31)37)5-6-20(18)39-21/h5-10,33H,11H2,1-4H3,(H3,31,32,37). The third-order valence-electron chi connectivity index (χ3n) is 6.70. The Balaban J connectivity index is 1.72. The fourth-order valence-electron chi connectivity index (χ4n) is 4.78. The van der Waals surface area contributed by atoms with E-state index in [1.165, 1.54) is 19.3 Å². The molecule has 12 heteroatoms. The van der Waals surface area contributed by atoms with Gasteiger partial charge in [-0.2, -0.15) is 18.3 Å². The molecular weight excluding hydrogens is 515 g/mol. The Morgan fingerprint density at radius 3 is 2.62 bits per heavy atom. The van der Waals surface area contributed by atoms with Crippen molar-refractivity contribution in [1.29, 1.82) is 0 Å². The molecular formula is C27H24F3N5O4. The van der Waals surface area contributed by atoms with E-state index in [0.717, 1.165) is 6.07 Å². The van der Waals surface area contributed by atoms with E-state index < -0.39 is 23.6 Å². The normalized spacial score (nSPS) is 14.1. The fourth-order valence-corrected chi connectivity index (χ4v) is 4.78. The molecule has 4 N–H and O–H groups in total. The average Bonchev–Trinajstić information content (AvgIpc) is 3.47. The number of amides is 2. The largest absolute Gasteiger partial charge is 0.497 e. The highest BCUT2D eigenvalue weighted by atomic mass is 19.4. The summed E-state index contributed by atoms with van der Waals surface area (Å²) >= 11 is 0. The molecule has 0 fully saturated rings. The van der Waals surface area contributed by atoms with Crippen molar-refractivity contribution in [1.82, 2.24) is 20.1 Å². The van der Waals surface area contributed by atoms with Gasteiger partial charge >= 0.3 is 12.2 Å². The molecule has 0 bridgehead atoms. The highest BCUT2D eigenvalue weighted by Crippen LogP contribution is 2.44. The number of rotatable bonds is 5. The number of nitrogens with two attached hydrogens (primary N) is 1. The third kappa shape index (κ3) is 4.47. The number of urea groups is 1. The Morgan fingerprint density at radius 2 is 2.00 bits per heavy atom. The predicted octanol–water partition coefficient (Wildman–Crippen LogP) is 5.00. The summed E-state index contributed by atoms with van der Waals surface area (Å²) in [6, 6.07) is 6.54. The fraction of sp³-hybridized carbons (Fsp3) is 0.222. The van der Waals surface area contributed by atoms with Crippen LogP contribution >= 0.6 is 0 Å². The number of allylic oxidation sites excluding steroid dienone is 1. The number of Topliss-reactive ketones (excluding diaryl/α,β-unsaturated/α-hetero) is 1. The van der Waals surface area contributed by atoms with Crippen LogP contribution in [0.3, 0.4) is 0 Å². The predicted molar refractivity (Wildman–Crippen MR) is 137 cm³/mol. The summed E-state index contributed by atoms with van der Waals surface area (Å²) in [5, 5.41) is 7.07. The molecule has 0 spiro atoms. The molecule has 4 aromatic rings. The number of fused-ring (bicyclic) bond motifs is 2. The molecule has 0 saturated carbocycles. The number of methoxy groups -OCH3 is 1. The Labute approximate surface area is 220 Å². The first-order valence-electron chi connectivity index (χ1n) is 11.8. The Bertz CT molecular complexity index is 1700. The van der Waals surface area contributed by atoms with E-state index in [1.54, 1.807) is 43.8 Å². The van der Waals surface area contributed by atoms with Gasteiger partial charge in [-0.3, -0.25) is 9.48 Å². The van der Waals surface area contributed by atoms with Gasteiger partial charge in [0.05, 0.1) is 35.1 Å². The molecule has 0 radical (unpaired) electrons. The summed E-state index contributed by atoms with van der Waals surface area (Å²) < 4.78 is 55.0. The van der Waals surface area contributed by atoms with E-state index in [1.807, 2.05) is 0 Å². The zero-order chi connectivity index (χ0) is 28.2. The van der Waals surface area contributed by atoms with Crippen molar-refractivity contribution in [2.24, 2.45) is 12.8 Å². The summed E-state index contributed by atoms with van der Waals surface area (Å²) in [7, 11) is 3.02. The van der Waals surface area contributed by atoms with E-state index >= 15 is 0 Å². The Morgan fingerprint density at radius 1 is 1.26 bits per heavy atom. The number of hydrogen-bond donors (Lipinski definition) is 3. The van der Waals surface area contributed by atoms with Gasteiger partial charge in [0.25, 0.3) is 0 Å². The summed E-state index contributed by atoms with van der Waals surface area (Å²) in [6.45, 7) is 3.67. The average molecular weight is 540 g/mol.